The first-order chi connectivity index (χ1) is 8.98. The van der Waals surface area contributed by atoms with E-state index in [1.807, 2.05) is 4.72 Å². The third-order valence-corrected chi connectivity index (χ3v) is 3.77. The highest BCUT2D eigenvalue weighted by atomic mass is 32.2. The first-order valence-corrected chi connectivity index (χ1v) is 8.40. The quantitative estimate of drug-likeness (QED) is 0.541. The second-order valence-electron chi connectivity index (χ2n) is 4.54. The maximum Gasteiger partial charge on any atom is 0.318 e. The Kier molecular flexibility index (Phi) is 10.5. The first-order valence-electron chi connectivity index (χ1n) is 6.86. The number of sulfonamides is 1. The Morgan fingerprint density at radius 3 is 2.26 bits per heavy atom. The van der Waals surface area contributed by atoms with Gasteiger partial charge in [0.2, 0.25) is 10.0 Å². The van der Waals surface area contributed by atoms with Crippen LogP contribution in [0.2, 0.25) is 0 Å². The molecule has 112 valence electrons. The van der Waals surface area contributed by atoms with Crippen LogP contribution in [0, 0.1) is 0 Å². The summed E-state index contributed by atoms with van der Waals surface area (Å²) >= 11 is 0. The van der Waals surface area contributed by atoms with E-state index in [4.69, 9.17) is 5.11 Å². The van der Waals surface area contributed by atoms with Crippen molar-refractivity contribution in [2.24, 2.45) is 0 Å². The topological polar surface area (TPSA) is 83.5 Å². The van der Waals surface area contributed by atoms with E-state index >= 15 is 0 Å². The minimum atomic E-state index is -3.59. The van der Waals surface area contributed by atoms with E-state index in [0.29, 0.717) is 6.42 Å². The Bertz CT molecular complexity index is 363. The van der Waals surface area contributed by atoms with E-state index in [1.165, 1.54) is 32.1 Å². The third-order valence-electron chi connectivity index (χ3n) is 2.67. The van der Waals surface area contributed by atoms with Gasteiger partial charge in [-0.15, -0.1) is 0 Å². The molecule has 0 aliphatic heterocycles. The fourth-order valence-corrected chi connectivity index (χ4v) is 2.43. The smallest absolute Gasteiger partial charge is 0.318 e. The van der Waals surface area contributed by atoms with Crippen LogP contribution in [0.1, 0.15) is 58.3 Å². The van der Waals surface area contributed by atoms with Crippen LogP contribution in [-0.2, 0) is 14.8 Å². The standard InChI is InChI=1S/C13H25NO4S/c1-2-3-4-5-6-7-8-9-10-11-19(17,18)14-12-13(15)16/h10-11,14H,2-9,12H2,1H3,(H,15,16)/b11-10+. The molecule has 0 amide bonds. The van der Waals surface area contributed by atoms with Crippen LogP contribution in [-0.4, -0.2) is 26.0 Å². The summed E-state index contributed by atoms with van der Waals surface area (Å²) in [6, 6.07) is 0. The van der Waals surface area contributed by atoms with Crippen LogP contribution < -0.4 is 4.72 Å². The molecular weight excluding hydrogens is 266 g/mol. The number of unbranched alkanes of at least 4 members (excludes halogenated alkanes) is 7. The summed E-state index contributed by atoms with van der Waals surface area (Å²) in [6.45, 7) is 1.60. The van der Waals surface area contributed by atoms with Gasteiger partial charge >= 0.3 is 5.97 Å². The summed E-state index contributed by atoms with van der Waals surface area (Å²) in [4.78, 5) is 10.2. The van der Waals surface area contributed by atoms with Crippen molar-refractivity contribution in [2.75, 3.05) is 6.54 Å². The molecule has 0 radical (unpaired) electrons. The number of carboxylic acid groups (broad SMARTS) is 1. The van der Waals surface area contributed by atoms with Crippen LogP contribution in [0.5, 0.6) is 0 Å². The predicted molar refractivity (Wildman–Crippen MR) is 76.3 cm³/mol. The fraction of sp³-hybridized carbons (Fsp3) is 0.769. The highest BCUT2D eigenvalue weighted by Gasteiger charge is 2.06. The highest BCUT2D eigenvalue weighted by Crippen LogP contribution is 2.08. The van der Waals surface area contributed by atoms with Crippen LogP contribution >= 0.6 is 0 Å². The van der Waals surface area contributed by atoms with E-state index in [0.717, 1.165) is 18.2 Å². The molecule has 0 aliphatic rings. The van der Waals surface area contributed by atoms with Gasteiger partial charge in [-0.2, -0.15) is 0 Å². The van der Waals surface area contributed by atoms with Crippen molar-refractivity contribution in [1.82, 2.24) is 4.72 Å². The summed E-state index contributed by atoms with van der Waals surface area (Å²) in [5.74, 6) is -1.19. The molecule has 0 fully saturated rings. The number of allylic oxidation sites excluding steroid dienone is 1. The normalized spacial score (nSPS) is 12.1. The summed E-state index contributed by atoms with van der Waals surface area (Å²) in [5, 5.41) is 9.40. The maximum absolute atomic E-state index is 11.3. The summed E-state index contributed by atoms with van der Waals surface area (Å²) in [6.07, 6.45) is 10.6. The molecule has 0 atom stereocenters. The molecule has 0 rings (SSSR count). The second-order valence-corrected chi connectivity index (χ2v) is 6.19. The lowest BCUT2D eigenvalue weighted by Gasteiger charge is -2.00. The molecule has 0 unspecified atom stereocenters. The summed E-state index contributed by atoms with van der Waals surface area (Å²) < 4.78 is 24.5. The Hall–Kier alpha value is -0.880. The molecular formula is C13H25NO4S. The van der Waals surface area contributed by atoms with Gasteiger partial charge in [0.15, 0.2) is 0 Å². The lowest BCUT2D eigenvalue weighted by Crippen LogP contribution is -2.27. The molecule has 0 aliphatic carbocycles. The van der Waals surface area contributed by atoms with Crippen molar-refractivity contribution >= 4 is 16.0 Å². The van der Waals surface area contributed by atoms with Gasteiger partial charge in [-0.05, 0) is 12.8 Å². The van der Waals surface area contributed by atoms with Gasteiger partial charge in [-0.1, -0.05) is 51.5 Å². The van der Waals surface area contributed by atoms with Gasteiger partial charge in [-0.25, -0.2) is 13.1 Å². The molecule has 0 aromatic carbocycles. The van der Waals surface area contributed by atoms with Crippen molar-refractivity contribution in [3.05, 3.63) is 11.5 Å². The summed E-state index contributed by atoms with van der Waals surface area (Å²) in [7, 11) is -3.59. The summed E-state index contributed by atoms with van der Waals surface area (Å²) in [5.41, 5.74) is 0. The van der Waals surface area contributed by atoms with Crippen molar-refractivity contribution in [2.45, 2.75) is 58.3 Å². The molecule has 6 heteroatoms. The average molecular weight is 291 g/mol. The second kappa shape index (κ2) is 11.0. The molecule has 0 spiro atoms. The number of rotatable bonds is 12. The lowest BCUT2D eigenvalue weighted by atomic mass is 10.1. The lowest BCUT2D eigenvalue weighted by molar-refractivity contribution is -0.135. The van der Waals surface area contributed by atoms with Crippen LogP contribution in [0.3, 0.4) is 0 Å². The van der Waals surface area contributed by atoms with Crippen molar-refractivity contribution in [3.63, 3.8) is 0 Å². The van der Waals surface area contributed by atoms with Crippen LogP contribution in [0.25, 0.3) is 0 Å². The predicted octanol–water partition coefficient (Wildman–Crippen LogP) is 2.64. The molecule has 0 aromatic rings. The van der Waals surface area contributed by atoms with Crippen molar-refractivity contribution in [1.29, 1.82) is 0 Å². The van der Waals surface area contributed by atoms with Crippen LogP contribution in [0.4, 0.5) is 0 Å². The Balaban J connectivity index is 3.59. The Morgan fingerprint density at radius 1 is 1.11 bits per heavy atom. The minimum Gasteiger partial charge on any atom is -0.480 e. The molecule has 0 saturated heterocycles. The number of hydrogen-bond donors (Lipinski definition) is 2. The van der Waals surface area contributed by atoms with E-state index in [1.54, 1.807) is 6.08 Å². The Morgan fingerprint density at radius 2 is 1.68 bits per heavy atom. The first kappa shape index (κ1) is 18.1. The molecule has 2 N–H and O–H groups in total. The molecule has 0 aromatic heterocycles. The molecule has 0 heterocycles. The zero-order chi connectivity index (χ0) is 14.6. The number of nitrogens with one attached hydrogen (secondary N) is 1. The van der Waals surface area contributed by atoms with Gasteiger partial charge < -0.3 is 5.11 Å². The van der Waals surface area contributed by atoms with E-state index in [9.17, 15) is 13.2 Å². The largest absolute Gasteiger partial charge is 0.480 e. The monoisotopic (exact) mass is 291 g/mol. The molecule has 0 bridgehead atoms. The minimum absolute atomic E-state index is 0.579. The SMILES string of the molecule is CCCCCCCCC/C=C/S(=O)(=O)NCC(=O)O. The number of carboxylic acids is 1. The van der Waals surface area contributed by atoms with Crippen molar-refractivity contribution in [3.8, 4) is 0 Å². The van der Waals surface area contributed by atoms with E-state index in [2.05, 4.69) is 6.92 Å². The van der Waals surface area contributed by atoms with Gasteiger partial charge in [-0.3, -0.25) is 4.79 Å². The Labute approximate surface area is 116 Å². The fourth-order valence-electron chi connectivity index (χ4n) is 1.62. The zero-order valence-electron chi connectivity index (χ0n) is 11.6. The van der Waals surface area contributed by atoms with Gasteiger partial charge in [0, 0.05) is 5.41 Å². The van der Waals surface area contributed by atoms with Crippen molar-refractivity contribution < 1.29 is 18.3 Å². The molecule has 0 saturated carbocycles. The molecule has 19 heavy (non-hydrogen) atoms. The maximum atomic E-state index is 11.3. The number of aliphatic carboxylic acids is 1. The van der Waals surface area contributed by atoms with Gasteiger partial charge in [0.1, 0.15) is 6.54 Å². The number of hydrogen-bond acceptors (Lipinski definition) is 3. The van der Waals surface area contributed by atoms with Gasteiger partial charge in [0.05, 0.1) is 0 Å². The molecule has 5 nitrogen and oxygen atoms in total. The number of carbonyl (C=O) groups is 1. The highest BCUT2D eigenvalue weighted by molar-refractivity contribution is 7.92. The zero-order valence-corrected chi connectivity index (χ0v) is 12.4. The third kappa shape index (κ3) is 13.4. The van der Waals surface area contributed by atoms with E-state index < -0.39 is 22.5 Å². The average Bonchev–Trinajstić information content (AvgIpc) is 2.34. The van der Waals surface area contributed by atoms with Crippen LogP contribution in [0.15, 0.2) is 11.5 Å². The van der Waals surface area contributed by atoms with E-state index in [-0.39, 0.29) is 0 Å². The van der Waals surface area contributed by atoms with Gasteiger partial charge in [0.25, 0.3) is 0 Å².